The SMILES string of the molecule is COc1ccc(S(=O)(=O)N2CCc3ccccc32)c([N+](=O)[O-])c1. The Balaban J connectivity index is 2.13. The van der Waals surface area contributed by atoms with Crippen molar-refractivity contribution in [2.75, 3.05) is 18.0 Å². The molecule has 0 saturated heterocycles. The lowest BCUT2D eigenvalue weighted by molar-refractivity contribution is -0.387. The maximum atomic E-state index is 12.9. The van der Waals surface area contributed by atoms with Crippen molar-refractivity contribution in [2.24, 2.45) is 0 Å². The Morgan fingerprint density at radius 2 is 1.96 bits per heavy atom. The third-order valence-corrected chi connectivity index (χ3v) is 5.64. The maximum absolute atomic E-state index is 12.9. The van der Waals surface area contributed by atoms with Crippen LogP contribution in [0.3, 0.4) is 0 Å². The van der Waals surface area contributed by atoms with E-state index in [1.807, 2.05) is 12.1 Å². The monoisotopic (exact) mass is 334 g/mol. The van der Waals surface area contributed by atoms with E-state index in [1.165, 1.54) is 23.5 Å². The van der Waals surface area contributed by atoms with E-state index in [1.54, 1.807) is 12.1 Å². The van der Waals surface area contributed by atoms with Crippen molar-refractivity contribution in [3.05, 3.63) is 58.1 Å². The van der Waals surface area contributed by atoms with E-state index in [2.05, 4.69) is 0 Å². The summed E-state index contributed by atoms with van der Waals surface area (Å²) in [6, 6.07) is 10.9. The number of nitro benzene ring substituents is 1. The minimum absolute atomic E-state index is 0.234. The van der Waals surface area contributed by atoms with Crippen molar-refractivity contribution in [1.82, 2.24) is 0 Å². The lowest BCUT2D eigenvalue weighted by Crippen LogP contribution is -2.29. The minimum atomic E-state index is -4.02. The molecule has 0 N–H and O–H groups in total. The lowest BCUT2D eigenvalue weighted by Gasteiger charge is -2.19. The van der Waals surface area contributed by atoms with Crippen LogP contribution in [0, 0.1) is 10.1 Å². The van der Waals surface area contributed by atoms with Crippen LogP contribution in [0.15, 0.2) is 47.4 Å². The van der Waals surface area contributed by atoms with E-state index < -0.39 is 20.6 Å². The van der Waals surface area contributed by atoms with Gasteiger partial charge in [0.1, 0.15) is 5.75 Å². The third-order valence-electron chi connectivity index (χ3n) is 3.78. The average molecular weight is 334 g/mol. The molecule has 3 rings (SSSR count). The van der Waals surface area contributed by atoms with Crippen molar-refractivity contribution < 1.29 is 18.1 Å². The largest absolute Gasteiger partial charge is 0.497 e. The fourth-order valence-corrected chi connectivity index (χ4v) is 4.31. The van der Waals surface area contributed by atoms with Gasteiger partial charge in [0, 0.05) is 6.54 Å². The van der Waals surface area contributed by atoms with Crippen molar-refractivity contribution in [3.63, 3.8) is 0 Å². The first-order valence-corrected chi connectivity index (χ1v) is 8.32. The molecule has 0 aromatic heterocycles. The molecule has 0 atom stereocenters. The molecule has 1 aliphatic heterocycles. The number of benzene rings is 2. The Morgan fingerprint density at radius 1 is 1.22 bits per heavy atom. The molecular weight excluding hydrogens is 320 g/mol. The normalized spacial score (nSPS) is 13.7. The van der Waals surface area contributed by atoms with Crippen LogP contribution in [0.25, 0.3) is 0 Å². The highest BCUT2D eigenvalue weighted by atomic mass is 32.2. The topological polar surface area (TPSA) is 89.8 Å². The second-order valence-corrected chi connectivity index (χ2v) is 6.88. The molecule has 8 heteroatoms. The van der Waals surface area contributed by atoms with Gasteiger partial charge in [-0.15, -0.1) is 0 Å². The van der Waals surface area contributed by atoms with Gasteiger partial charge >= 0.3 is 0 Å². The number of nitrogens with zero attached hydrogens (tertiary/aromatic N) is 2. The number of sulfonamides is 1. The molecule has 7 nitrogen and oxygen atoms in total. The predicted octanol–water partition coefficient (Wildman–Crippen LogP) is 2.35. The lowest BCUT2D eigenvalue weighted by atomic mass is 10.2. The Bertz CT molecular complexity index is 879. The summed E-state index contributed by atoms with van der Waals surface area (Å²) < 4.78 is 32.0. The number of nitro groups is 1. The number of fused-ring (bicyclic) bond motifs is 1. The summed E-state index contributed by atoms with van der Waals surface area (Å²) in [6.07, 6.45) is 0.583. The molecule has 2 aromatic carbocycles. The molecule has 2 aromatic rings. The predicted molar refractivity (Wildman–Crippen MR) is 84.3 cm³/mol. The van der Waals surface area contributed by atoms with Gasteiger partial charge in [-0.2, -0.15) is 0 Å². The van der Waals surface area contributed by atoms with E-state index in [0.29, 0.717) is 12.1 Å². The fraction of sp³-hybridized carbons (Fsp3) is 0.200. The van der Waals surface area contributed by atoms with Gasteiger partial charge in [0.25, 0.3) is 15.7 Å². The van der Waals surface area contributed by atoms with Crippen molar-refractivity contribution in [2.45, 2.75) is 11.3 Å². The molecule has 0 radical (unpaired) electrons. The number of hydrogen-bond acceptors (Lipinski definition) is 5. The van der Waals surface area contributed by atoms with E-state index in [0.717, 1.165) is 11.6 Å². The van der Waals surface area contributed by atoms with Gasteiger partial charge in [0.2, 0.25) is 0 Å². The molecule has 0 spiro atoms. The summed E-state index contributed by atoms with van der Waals surface area (Å²) >= 11 is 0. The first kappa shape index (κ1) is 15.3. The Kier molecular flexibility index (Phi) is 3.69. The summed E-state index contributed by atoms with van der Waals surface area (Å²) in [4.78, 5) is 10.2. The van der Waals surface area contributed by atoms with Crippen LogP contribution in [0.4, 0.5) is 11.4 Å². The first-order valence-electron chi connectivity index (χ1n) is 6.88. The van der Waals surface area contributed by atoms with Crippen molar-refractivity contribution >= 4 is 21.4 Å². The van der Waals surface area contributed by atoms with E-state index in [-0.39, 0.29) is 17.2 Å². The molecule has 0 unspecified atom stereocenters. The Hall–Kier alpha value is -2.61. The van der Waals surface area contributed by atoms with Gasteiger partial charge in [-0.05, 0) is 30.2 Å². The zero-order chi connectivity index (χ0) is 16.6. The van der Waals surface area contributed by atoms with Crippen LogP contribution in [0.2, 0.25) is 0 Å². The van der Waals surface area contributed by atoms with E-state index in [4.69, 9.17) is 4.74 Å². The molecule has 0 bridgehead atoms. The number of para-hydroxylation sites is 1. The quantitative estimate of drug-likeness (QED) is 0.632. The van der Waals surface area contributed by atoms with Crippen LogP contribution in [0.1, 0.15) is 5.56 Å². The minimum Gasteiger partial charge on any atom is -0.497 e. The molecule has 1 aliphatic rings. The van der Waals surface area contributed by atoms with Gasteiger partial charge in [-0.1, -0.05) is 18.2 Å². The number of anilines is 1. The molecule has 23 heavy (non-hydrogen) atoms. The van der Waals surface area contributed by atoms with Crippen LogP contribution < -0.4 is 9.04 Å². The highest BCUT2D eigenvalue weighted by molar-refractivity contribution is 7.93. The Labute approximate surface area is 133 Å². The highest BCUT2D eigenvalue weighted by Crippen LogP contribution is 2.36. The maximum Gasteiger partial charge on any atom is 0.293 e. The summed E-state index contributed by atoms with van der Waals surface area (Å²) in [7, 11) is -2.65. The number of hydrogen-bond donors (Lipinski definition) is 0. The zero-order valence-electron chi connectivity index (χ0n) is 12.3. The molecule has 0 fully saturated rings. The molecule has 1 heterocycles. The summed E-state index contributed by atoms with van der Waals surface area (Å²) in [5.74, 6) is 0.234. The van der Waals surface area contributed by atoms with Crippen molar-refractivity contribution in [1.29, 1.82) is 0 Å². The fourth-order valence-electron chi connectivity index (χ4n) is 2.66. The molecule has 0 aliphatic carbocycles. The molecular formula is C15H14N2O5S. The standard InChI is InChI=1S/C15H14N2O5S/c1-22-12-6-7-15(14(10-12)17(18)19)23(20,21)16-9-8-11-4-2-3-5-13(11)16/h2-7,10H,8-9H2,1H3. The van der Waals surface area contributed by atoms with Gasteiger partial charge in [0.05, 0.1) is 23.8 Å². The molecule has 0 amide bonds. The summed E-state index contributed by atoms with van der Waals surface area (Å²) in [5, 5.41) is 11.3. The van der Waals surface area contributed by atoms with Gasteiger partial charge in [-0.25, -0.2) is 8.42 Å². The van der Waals surface area contributed by atoms with Crippen LogP contribution in [-0.4, -0.2) is 27.0 Å². The van der Waals surface area contributed by atoms with Crippen LogP contribution in [-0.2, 0) is 16.4 Å². The number of rotatable bonds is 4. The Morgan fingerprint density at radius 3 is 2.65 bits per heavy atom. The molecule has 120 valence electrons. The average Bonchev–Trinajstić information content (AvgIpc) is 2.99. The second kappa shape index (κ2) is 5.54. The van der Waals surface area contributed by atoms with Crippen LogP contribution >= 0.6 is 0 Å². The smallest absolute Gasteiger partial charge is 0.293 e. The van der Waals surface area contributed by atoms with Crippen molar-refractivity contribution in [3.8, 4) is 5.75 Å². The second-order valence-electron chi connectivity index (χ2n) is 5.05. The van der Waals surface area contributed by atoms with E-state index >= 15 is 0 Å². The molecule has 0 saturated carbocycles. The van der Waals surface area contributed by atoms with Crippen LogP contribution in [0.5, 0.6) is 5.75 Å². The van der Waals surface area contributed by atoms with Gasteiger partial charge in [-0.3, -0.25) is 14.4 Å². The number of methoxy groups -OCH3 is 1. The number of ether oxygens (including phenoxy) is 1. The highest BCUT2D eigenvalue weighted by Gasteiger charge is 2.35. The van der Waals surface area contributed by atoms with Gasteiger partial charge in [0.15, 0.2) is 4.90 Å². The summed E-state index contributed by atoms with van der Waals surface area (Å²) in [5.41, 5.74) is 0.985. The first-order chi connectivity index (χ1) is 10.9. The summed E-state index contributed by atoms with van der Waals surface area (Å²) in [6.45, 7) is 0.269. The van der Waals surface area contributed by atoms with Gasteiger partial charge < -0.3 is 4.74 Å². The third kappa shape index (κ3) is 2.50. The van der Waals surface area contributed by atoms with E-state index in [9.17, 15) is 18.5 Å². The zero-order valence-corrected chi connectivity index (χ0v) is 13.1.